The molecule has 0 amide bonds. The van der Waals surface area contributed by atoms with Gasteiger partial charge in [0.05, 0.1) is 0 Å². The van der Waals surface area contributed by atoms with Crippen molar-refractivity contribution in [2.24, 2.45) is 5.73 Å². The van der Waals surface area contributed by atoms with Crippen LogP contribution >= 0.6 is 0 Å². The van der Waals surface area contributed by atoms with E-state index >= 15 is 0 Å². The van der Waals surface area contributed by atoms with Crippen LogP contribution in [0.3, 0.4) is 0 Å². The normalized spacial score (nSPS) is 11.9. The summed E-state index contributed by atoms with van der Waals surface area (Å²) in [7, 11) is 0. The van der Waals surface area contributed by atoms with Gasteiger partial charge in [0.15, 0.2) is 0 Å². The Balaban J connectivity index is 2.07. The van der Waals surface area contributed by atoms with E-state index in [1.165, 1.54) is 12.1 Å². The van der Waals surface area contributed by atoms with Crippen LogP contribution in [-0.4, -0.2) is 17.9 Å². The summed E-state index contributed by atoms with van der Waals surface area (Å²) in [6.45, 7) is 2.60. The lowest BCUT2D eigenvalue weighted by Gasteiger charge is -2.09. The molecule has 1 aromatic heterocycles. The van der Waals surface area contributed by atoms with Gasteiger partial charge in [-0.3, -0.25) is 0 Å². The van der Waals surface area contributed by atoms with E-state index in [1.54, 1.807) is 6.07 Å². The molecule has 0 aliphatic heterocycles. The summed E-state index contributed by atoms with van der Waals surface area (Å²) >= 11 is 0. The highest BCUT2D eigenvalue weighted by Gasteiger charge is 2.31. The smallest absolute Gasteiger partial charge is 0.406 e. The molecule has 26 heavy (non-hydrogen) atoms. The van der Waals surface area contributed by atoms with Gasteiger partial charge in [0, 0.05) is 16.6 Å². The highest BCUT2D eigenvalue weighted by molar-refractivity contribution is 5.91. The van der Waals surface area contributed by atoms with Gasteiger partial charge < -0.3 is 15.5 Å². The van der Waals surface area contributed by atoms with Gasteiger partial charge in [-0.25, -0.2) is 0 Å². The molecule has 1 heterocycles. The molecule has 0 bridgehead atoms. The summed E-state index contributed by atoms with van der Waals surface area (Å²) in [5.41, 5.74) is 10.5. The summed E-state index contributed by atoms with van der Waals surface area (Å²) < 4.78 is 41.8. The van der Waals surface area contributed by atoms with Crippen LogP contribution in [0.2, 0.25) is 0 Å². The Hall–Kier alpha value is -2.47. The molecule has 0 unspecified atom stereocenters. The fourth-order valence-corrected chi connectivity index (χ4v) is 3.10. The molecule has 3 rings (SSSR count). The Kier molecular flexibility index (Phi) is 5.23. The molecule has 3 nitrogen and oxygen atoms in total. The quantitative estimate of drug-likeness (QED) is 0.583. The molecule has 0 saturated carbocycles. The van der Waals surface area contributed by atoms with Gasteiger partial charge in [-0.1, -0.05) is 29.8 Å². The molecule has 0 aliphatic carbocycles. The zero-order chi connectivity index (χ0) is 18.7. The fourth-order valence-electron chi connectivity index (χ4n) is 3.10. The van der Waals surface area contributed by atoms with E-state index in [1.807, 2.05) is 31.2 Å². The number of unbranched alkanes of at least 4 members (excludes halogenated alkanes) is 1. The summed E-state index contributed by atoms with van der Waals surface area (Å²) in [6, 6.07) is 12.5. The Bertz CT molecular complexity index is 882. The van der Waals surface area contributed by atoms with Crippen LogP contribution in [0.5, 0.6) is 5.75 Å². The van der Waals surface area contributed by atoms with Crippen molar-refractivity contribution >= 4 is 10.9 Å². The first-order chi connectivity index (χ1) is 12.4. The number of nitrogens with two attached hydrogens (primary N) is 1. The molecule has 6 heteroatoms. The maximum Gasteiger partial charge on any atom is 0.573 e. The van der Waals surface area contributed by atoms with E-state index in [9.17, 15) is 13.2 Å². The number of H-pyrrole nitrogens is 1. The standard InChI is InChI=1S/C20H21F3N2O/c1-13-5-7-14(8-6-13)19-16(4-2-3-11-24)17-12-15(26-20(21,22)23)9-10-18(17)25-19/h5-10,12,25H,2-4,11,24H2,1H3. The van der Waals surface area contributed by atoms with Gasteiger partial charge in [-0.05, 0) is 62.1 Å². The summed E-state index contributed by atoms with van der Waals surface area (Å²) in [4.78, 5) is 3.35. The van der Waals surface area contributed by atoms with Crippen LogP contribution < -0.4 is 10.5 Å². The van der Waals surface area contributed by atoms with E-state index in [-0.39, 0.29) is 5.75 Å². The minimum Gasteiger partial charge on any atom is -0.406 e. The molecule has 3 N–H and O–H groups in total. The van der Waals surface area contributed by atoms with Crippen molar-refractivity contribution in [2.45, 2.75) is 32.5 Å². The first-order valence-corrected chi connectivity index (χ1v) is 8.55. The molecule has 0 saturated heterocycles. The van der Waals surface area contributed by atoms with Crippen molar-refractivity contribution < 1.29 is 17.9 Å². The van der Waals surface area contributed by atoms with Gasteiger partial charge in [0.2, 0.25) is 0 Å². The van der Waals surface area contributed by atoms with Crippen LogP contribution in [-0.2, 0) is 6.42 Å². The average molecular weight is 362 g/mol. The van der Waals surface area contributed by atoms with Crippen LogP contribution in [0.15, 0.2) is 42.5 Å². The molecule has 3 aromatic rings. The van der Waals surface area contributed by atoms with Gasteiger partial charge >= 0.3 is 6.36 Å². The average Bonchev–Trinajstić information content (AvgIpc) is 2.92. The summed E-state index contributed by atoms with van der Waals surface area (Å²) in [6.07, 6.45) is -2.25. The van der Waals surface area contributed by atoms with Gasteiger partial charge in [0.1, 0.15) is 5.75 Å². The van der Waals surface area contributed by atoms with E-state index < -0.39 is 6.36 Å². The molecule has 0 spiro atoms. The molecule has 2 aromatic carbocycles. The van der Waals surface area contributed by atoms with E-state index in [2.05, 4.69) is 9.72 Å². The summed E-state index contributed by atoms with van der Waals surface area (Å²) in [5.74, 6) is -0.209. The molecular weight excluding hydrogens is 341 g/mol. The second-order valence-electron chi connectivity index (χ2n) is 6.35. The Morgan fingerprint density at radius 2 is 1.77 bits per heavy atom. The van der Waals surface area contributed by atoms with E-state index in [0.29, 0.717) is 6.54 Å². The maximum atomic E-state index is 12.6. The number of hydrogen-bond acceptors (Lipinski definition) is 2. The number of nitrogens with one attached hydrogen (secondary N) is 1. The zero-order valence-corrected chi connectivity index (χ0v) is 14.5. The number of halogens is 3. The molecular formula is C20H21F3N2O. The van der Waals surface area contributed by atoms with Crippen molar-refractivity contribution in [3.05, 3.63) is 53.6 Å². The second kappa shape index (κ2) is 7.41. The van der Waals surface area contributed by atoms with Crippen molar-refractivity contribution in [3.63, 3.8) is 0 Å². The lowest BCUT2D eigenvalue weighted by Crippen LogP contribution is -2.16. The Morgan fingerprint density at radius 3 is 2.42 bits per heavy atom. The predicted molar refractivity (Wildman–Crippen MR) is 97.1 cm³/mol. The monoisotopic (exact) mass is 362 g/mol. The maximum absolute atomic E-state index is 12.6. The largest absolute Gasteiger partial charge is 0.573 e. The zero-order valence-electron chi connectivity index (χ0n) is 14.5. The summed E-state index contributed by atoms with van der Waals surface area (Å²) in [5, 5.41) is 0.749. The van der Waals surface area contributed by atoms with Gasteiger partial charge in [-0.15, -0.1) is 13.2 Å². The van der Waals surface area contributed by atoms with Crippen LogP contribution in [0, 0.1) is 6.92 Å². The predicted octanol–water partition coefficient (Wildman–Crippen LogP) is 5.32. The minimum atomic E-state index is -4.70. The topological polar surface area (TPSA) is 51.0 Å². The van der Waals surface area contributed by atoms with Gasteiger partial charge in [0.25, 0.3) is 0 Å². The number of aromatic nitrogens is 1. The molecule has 0 radical (unpaired) electrons. The highest BCUT2D eigenvalue weighted by atomic mass is 19.4. The number of rotatable bonds is 6. The number of fused-ring (bicyclic) bond motifs is 1. The van der Waals surface area contributed by atoms with E-state index in [0.717, 1.165) is 52.5 Å². The van der Waals surface area contributed by atoms with Crippen LogP contribution in [0.1, 0.15) is 24.0 Å². The lowest BCUT2D eigenvalue weighted by molar-refractivity contribution is -0.274. The van der Waals surface area contributed by atoms with Crippen molar-refractivity contribution in [3.8, 4) is 17.0 Å². The highest BCUT2D eigenvalue weighted by Crippen LogP contribution is 2.35. The van der Waals surface area contributed by atoms with Crippen molar-refractivity contribution in [1.29, 1.82) is 0 Å². The first kappa shape index (κ1) is 18.3. The molecule has 0 atom stereocenters. The number of aromatic amines is 1. The SMILES string of the molecule is Cc1ccc(-c2[nH]c3ccc(OC(F)(F)F)cc3c2CCCCN)cc1. The van der Waals surface area contributed by atoms with Gasteiger partial charge in [-0.2, -0.15) is 0 Å². The number of hydrogen-bond donors (Lipinski definition) is 2. The molecule has 0 fully saturated rings. The third-order valence-corrected chi connectivity index (χ3v) is 4.33. The second-order valence-corrected chi connectivity index (χ2v) is 6.35. The van der Waals surface area contributed by atoms with Crippen LogP contribution in [0.25, 0.3) is 22.2 Å². The molecule has 138 valence electrons. The number of benzene rings is 2. The third-order valence-electron chi connectivity index (χ3n) is 4.33. The van der Waals surface area contributed by atoms with Crippen molar-refractivity contribution in [1.82, 2.24) is 4.98 Å². The minimum absolute atomic E-state index is 0.209. The Morgan fingerprint density at radius 1 is 1.04 bits per heavy atom. The lowest BCUT2D eigenvalue weighted by atomic mass is 9.99. The Labute approximate surface area is 150 Å². The fraction of sp³-hybridized carbons (Fsp3) is 0.300. The van der Waals surface area contributed by atoms with Crippen molar-refractivity contribution in [2.75, 3.05) is 6.54 Å². The van der Waals surface area contributed by atoms with E-state index in [4.69, 9.17) is 5.73 Å². The third kappa shape index (κ3) is 4.19. The number of ether oxygens (including phenoxy) is 1. The number of alkyl halides is 3. The molecule has 0 aliphatic rings. The van der Waals surface area contributed by atoms with Crippen LogP contribution in [0.4, 0.5) is 13.2 Å². The first-order valence-electron chi connectivity index (χ1n) is 8.55. The number of aryl methyl sites for hydroxylation is 2.